The molecule has 1 amide bonds. The number of carboxylic acids is 1. The second-order valence-electron chi connectivity index (χ2n) is 10.7. The molecule has 2 fully saturated rings. The molecule has 2 aromatic carbocycles. The Morgan fingerprint density at radius 2 is 1.88 bits per heavy atom. The lowest BCUT2D eigenvalue weighted by Gasteiger charge is -2.27. The minimum Gasteiger partial charge on any atom is -0.475 e. The summed E-state index contributed by atoms with van der Waals surface area (Å²) in [7, 11) is -4.02. The summed E-state index contributed by atoms with van der Waals surface area (Å²) in [6, 6.07) is 10.9. The molecular formula is C31H26ClF4N5O7S2. The monoisotopic (exact) mass is 755 g/mol. The van der Waals surface area contributed by atoms with Gasteiger partial charge in [0, 0.05) is 31.7 Å². The van der Waals surface area contributed by atoms with Crippen LogP contribution >= 0.6 is 22.9 Å². The quantitative estimate of drug-likeness (QED) is 0.181. The number of thiophene rings is 1. The van der Waals surface area contributed by atoms with Crippen LogP contribution in [0.1, 0.15) is 11.3 Å². The third-order valence-electron chi connectivity index (χ3n) is 7.14. The number of carbonyl (C=O) groups is 2. The highest BCUT2D eigenvalue weighted by atomic mass is 35.5. The van der Waals surface area contributed by atoms with Gasteiger partial charge in [-0.2, -0.15) is 13.2 Å². The number of benzene rings is 2. The average molecular weight is 756 g/mol. The molecule has 0 radical (unpaired) electrons. The Bertz CT molecular complexity index is 2070. The number of sulfone groups is 1. The Hall–Kier alpha value is -4.54. The van der Waals surface area contributed by atoms with Crippen LogP contribution in [0.5, 0.6) is 0 Å². The number of fused-ring (bicyclic) bond motifs is 1. The number of carbonyl (C=O) groups excluding carboxylic acids is 1. The van der Waals surface area contributed by atoms with Crippen molar-refractivity contribution in [3.05, 3.63) is 70.6 Å². The number of nitrogens with one attached hydrogen (secondary N) is 2. The van der Waals surface area contributed by atoms with Gasteiger partial charge >= 0.3 is 18.2 Å². The van der Waals surface area contributed by atoms with E-state index in [1.54, 1.807) is 11.0 Å². The summed E-state index contributed by atoms with van der Waals surface area (Å²) in [5.41, 5.74) is 1.21. The first-order valence-corrected chi connectivity index (χ1v) is 17.3. The van der Waals surface area contributed by atoms with Crippen molar-refractivity contribution in [3.63, 3.8) is 0 Å². The minimum atomic E-state index is -5.08. The lowest BCUT2D eigenvalue weighted by Crippen LogP contribution is -2.42. The maximum absolute atomic E-state index is 13.6. The van der Waals surface area contributed by atoms with Gasteiger partial charge in [-0.3, -0.25) is 5.32 Å². The fourth-order valence-electron chi connectivity index (χ4n) is 4.72. The van der Waals surface area contributed by atoms with Gasteiger partial charge in [-0.05, 0) is 42.5 Å². The largest absolute Gasteiger partial charge is 0.490 e. The first-order valence-electron chi connectivity index (χ1n) is 14.6. The van der Waals surface area contributed by atoms with Gasteiger partial charge in [-0.25, -0.2) is 32.4 Å². The van der Waals surface area contributed by atoms with Gasteiger partial charge in [0.05, 0.1) is 49.2 Å². The highest BCUT2D eigenvalue weighted by Gasteiger charge is 2.38. The number of hydrogen-bond donors (Lipinski definition) is 3. The second kappa shape index (κ2) is 15.6. The molecule has 0 saturated carbocycles. The molecule has 264 valence electrons. The van der Waals surface area contributed by atoms with Crippen LogP contribution in [-0.2, 0) is 24.1 Å². The number of carboxylic acid groups (broad SMARTS) is 1. The Labute approximate surface area is 291 Å². The summed E-state index contributed by atoms with van der Waals surface area (Å²) in [5.74, 6) is 3.49. The van der Waals surface area contributed by atoms with Crippen LogP contribution in [-0.4, -0.2) is 91.6 Å². The van der Waals surface area contributed by atoms with E-state index >= 15 is 0 Å². The molecular weight excluding hydrogens is 730 g/mol. The van der Waals surface area contributed by atoms with E-state index in [9.17, 15) is 30.8 Å². The Morgan fingerprint density at radius 3 is 2.56 bits per heavy atom. The number of anilines is 2. The Balaban J connectivity index is 0.000000630. The topological polar surface area (TPSA) is 160 Å². The van der Waals surface area contributed by atoms with E-state index in [-0.39, 0.29) is 33.1 Å². The molecule has 12 nitrogen and oxygen atoms in total. The van der Waals surface area contributed by atoms with Crippen molar-refractivity contribution >= 4 is 66.6 Å². The fourth-order valence-corrected chi connectivity index (χ4v) is 7.47. The summed E-state index contributed by atoms with van der Waals surface area (Å²) in [6.45, 7) is 2.64. The first kappa shape index (κ1) is 36.7. The normalized spacial score (nSPS) is 17.7. The SMILES string of the molecule is O=C(O)C(F)(F)F.O=C(O[C@@H]1CN[C@H](C#Cc2cc3ncnc(Nc4ccc(S(=O)(=O)c5cccc(F)c5)c(Cl)c4)c3s2)C1)N1CCOCC1. The van der Waals surface area contributed by atoms with E-state index in [1.807, 2.05) is 6.07 Å². The molecule has 6 rings (SSSR count). The summed E-state index contributed by atoms with van der Waals surface area (Å²) < 4.78 is 83.1. The van der Waals surface area contributed by atoms with Crippen molar-refractivity contribution < 1.29 is 50.1 Å². The summed E-state index contributed by atoms with van der Waals surface area (Å²) in [6.07, 6.45) is -3.64. The van der Waals surface area contributed by atoms with E-state index < -0.39 is 27.8 Å². The van der Waals surface area contributed by atoms with Gasteiger partial charge in [0.2, 0.25) is 9.84 Å². The number of amides is 1. The highest BCUT2D eigenvalue weighted by molar-refractivity contribution is 7.91. The van der Waals surface area contributed by atoms with Gasteiger partial charge in [0.1, 0.15) is 18.2 Å². The van der Waals surface area contributed by atoms with E-state index in [4.69, 9.17) is 31.0 Å². The maximum Gasteiger partial charge on any atom is 0.490 e. The van der Waals surface area contributed by atoms with Gasteiger partial charge < -0.3 is 24.8 Å². The van der Waals surface area contributed by atoms with E-state index in [2.05, 4.69) is 32.4 Å². The van der Waals surface area contributed by atoms with E-state index in [1.165, 1.54) is 48.0 Å². The van der Waals surface area contributed by atoms with Crippen LogP contribution in [0, 0.1) is 17.7 Å². The van der Waals surface area contributed by atoms with E-state index in [0.717, 1.165) is 15.6 Å². The smallest absolute Gasteiger partial charge is 0.475 e. The van der Waals surface area contributed by atoms with Crippen LogP contribution < -0.4 is 10.6 Å². The molecule has 2 aliphatic heterocycles. The van der Waals surface area contributed by atoms with Gasteiger partial charge in [0.25, 0.3) is 0 Å². The first-order chi connectivity index (χ1) is 23.7. The third-order valence-corrected chi connectivity index (χ3v) is 10.4. The number of rotatable bonds is 5. The number of aromatic nitrogens is 2. The van der Waals surface area contributed by atoms with Crippen LogP contribution in [0.4, 0.5) is 33.9 Å². The predicted octanol–water partition coefficient (Wildman–Crippen LogP) is 5.24. The predicted molar refractivity (Wildman–Crippen MR) is 174 cm³/mol. The second-order valence-corrected chi connectivity index (χ2v) is 14.0. The molecule has 0 spiro atoms. The Morgan fingerprint density at radius 1 is 1.14 bits per heavy atom. The van der Waals surface area contributed by atoms with Crippen LogP contribution in [0.3, 0.4) is 0 Å². The van der Waals surface area contributed by atoms with Gasteiger partial charge in [0.15, 0.2) is 5.82 Å². The number of ether oxygens (including phenoxy) is 2. The van der Waals surface area contributed by atoms with Crippen LogP contribution in [0.15, 0.2) is 64.6 Å². The minimum absolute atomic E-state index is 0.0183. The summed E-state index contributed by atoms with van der Waals surface area (Å²) in [5, 5.41) is 13.6. The molecule has 2 atom stereocenters. The molecule has 0 bridgehead atoms. The lowest BCUT2D eigenvalue weighted by molar-refractivity contribution is -0.192. The van der Waals surface area contributed by atoms with Crippen molar-refractivity contribution in [3.8, 4) is 11.8 Å². The number of nitrogens with zero attached hydrogens (tertiary/aromatic N) is 3. The third kappa shape index (κ3) is 9.17. The zero-order valence-electron chi connectivity index (χ0n) is 25.5. The molecule has 50 heavy (non-hydrogen) atoms. The molecule has 19 heteroatoms. The average Bonchev–Trinajstić information content (AvgIpc) is 3.71. The highest BCUT2D eigenvalue weighted by Crippen LogP contribution is 2.34. The number of alkyl halides is 3. The van der Waals surface area contributed by atoms with Crippen LogP contribution in [0.25, 0.3) is 10.2 Å². The molecule has 0 aliphatic carbocycles. The maximum atomic E-state index is 13.6. The number of halogens is 5. The zero-order valence-corrected chi connectivity index (χ0v) is 27.9. The van der Waals surface area contributed by atoms with Crippen molar-refractivity contribution in [1.29, 1.82) is 0 Å². The standard InChI is InChI=1S/C29H25ClFN5O5S2.C2HF3O2/c30-24-14-20(5-7-26(24)43(38,39)23-3-1-2-18(31)12-23)35-28-27-25(33-17-34-28)15-22(42-27)6-4-19-13-21(16-32-19)41-29(37)36-8-10-40-11-9-36;3-2(4,5)1(6)7/h1-3,5,7,12,14-15,17,19,21,32H,8-11,13,16H2,(H,33,34,35);(H,6,7)/t19-,21+;/m1./s1. The van der Waals surface area contributed by atoms with Crippen molar-refractivity contribution in [2.24, 2.45) is 0 Å². The molecule has 2 aliphatic rings. The molecule has 3 N–H and O–H groups in total. The lowest BCUT2D eigenvalue weighted by atomic mass is 10.2. The number of hydrogen-bond acceptors (Lipinski definition) is 11. The number of aliphatic carboxylic acids is 1. The number of morpholine rings is 1. The summed E-state index contributed by atoms with van der Waals surface area (Å²) >= 11 is 7.78. The van der Waals surface area contributed by atoms with Crippen molar-refractivity contribution in [2.45, 2.75) is 34.5 Å². The molecule has 0 unspecified atom stereocenters. The van der Waals surface area contributed by atoms with Crippen molar-refractivity contribution in [1.82, 2.24) is 20.2 Å². The Kier molecular flexibility index (Phi) is 11.4. The molecule has 2 aromatic heterocycles. The van der Waals surface area contributed by atoms with Gasteiger partial charge in [-0.1, -0.05) is 29.5 Å². The van der Waals surface area contributed by atoms with Crippen molar-refractivity contribution in [2.75, 3.05) is 38.2 Å². The van der Waals surface area contributed by atoms with Gasteiger partial charge in [-0.15, -0.1) is 11.3 Å². The van der Waals surface area contributed by atoms with E-state index in [0.29, 0.717) is 56.3 Å². The fraction of sp³-hybridized carbons (Fsp3) is 0.290. The molecule has 4 heterocycles. The van der Waals surface area contributed by atoms with Crippen LogP contribution in [0.2, 0.25) is 5.02 Å². The zero-order chi connectivity index (χ0) is 36.1. The summed E-state index contributed by atoms with van der Waals surface area (Å²) in [4.78, 5) is 32.1. The molecule has 4 aromatic rings. The molecule has 2 saturated heterocycles.